The number of amides is 1. The summed E-state index contributed by atoms with van der Waals surface area (Å²) >= 11 is 0. The number of carbonyl (C=O) groups excluding carboxylic acids is 1. The van der Waals surface area contributed by atoms with E-state index in [2.05, 4.69) is 15.6 Å². The first kappa shape index (κ1) is 20.6. The van der Waals surface area contributed by atoms with Gasteiger partial charge < -0.3 is 19.8 Å². The van der Waals surface area contributed by atoms with Crippen LogP contribution in [0.5, 0.6) is 5.75 Å². The monoisotopic (exact) mass is 415 g/mol. The van der Waals surface area contributed by atoms with Crippen molar-refractivity contribution in [2.45, 2.75) is 12.8 Å². The Balaban J connectivity index is 0.000000407. The van der Waals surface area contributed by atoms with E-state index in [1.165, 1.54) is 25.9 Å². The molecule has 0 aliphatic carbocycles. The molecule has 1 saturated heterocycles. The lowest BCUT2D eigenvalue weighted by atomic mass is 10.1. The number of anilines is 1. The Hall–Kier alpha value is -3.64. The highest BCUT2D eigenvalue weighted by Gasteiger charge is 2.13. The van der Waals surface area contributed by atoms with Crippen LogP contribution in [0.3, 0.4) is 0 Å². The number of fused-ring (bicyclic) bond motifs is 1. The van der Waals surface area contributed by atoms with Gasteiger partial charge in [0.1, 0.15) is 17.0 Å². The fourth-order valence-electron chi connectivity index (χ4n) is 3.56. The smallest absolute Gasteiger partial charge is 0.211 e. The SMILES string of the molecule is C1CCNC1.COc1cc(NC=O)cc(-c2cc3nccc(-c4ccccc4)c3o2)c1. The van der Waals surface area contributed by atoms with E-state index in [1.54, 1.807) is 19.4 Å². The van der Waals surface area contributed by atoms with Gasteiger partial charge in [-0.2, -0.15) is 0 Å². The molecule has 1 amide bonds. The summed E-state index contributed by atoms with van der Waals surface area (Å²) in [5.74, 6) is 1.28. The van der Waals surface area contributed by atoms with E-state index in [9.17, 15) is 4.79 Å². The van der Waals surface area contributed by atoms with Gasteiger partial charge >= 0.3 is 0 Å². The number of nitrogens with one attached hydrogen (secondary N) is 2. The van der Waals surface area contributed by atoms with Crippen LogP contribution in [-0.2, 0) is 4.79 Å². The molecule has 0 saturated carbocycles. The fourth-order valence-corrected chi connectivity index (χ4v) is 3.56. The Bertz CT molecular complexity index is 1140. The third kappa shape index (κ3) is 4.92. The highest BCUT2D eigenvalue weighted by Crippen LogP contribution is 2.35. The maximum absolute atomic E-state index is 10.8. The molecule has 0 bridgehead atoms. The summed E-state index contributed by atoms with van der Waals surface area (Å²) in [5, 5.41) is 5.87. The molecular weight excluding hydrogens is 390 g/mol. The van der Waals surface area contributed by atoms with E-state index < -0.39 is 0 Å². The number of carbonyl (C=O) groups is 1. The van der Waals surface area contributed by atoms with Gasteiger partial charge in [0.25, 0.3) is 0 Å². The second-order valence-electron chi connectivity index (χ2n) is 7.22. The largest absolute Gasteiger partial charge is 0.497 e. The Labute approximate surface area is 181 Å². The summed E-state index contributed by atoms with van der Waals surface area (Å²) in [4.78, 5) is 15.2. The van der Waals surface area contributed by atoms with Crippen LogP contribution in [0.25, 0.3) is 33.6 Å². The average Bonchev–Trinajstić information content (AvgIpc) is 3.53. The van der Waals surface area contributed by atoms with Crippen LogP contribution < -0.4 is 15.4 Å². The molecular formula is C25H25N3O3. The summed E-state index contributed by atoms with van der Waals surface area (Å²) in [6, 6.07) is 19.3. The zero-order chi connectivity index (χ0) is 21.5. The van der Waals surface area contributed by atoms with Crippen LogP contribution in [0.1, 0.15) is 12.8 Å². The highest BCUT2D eigenvalue weighted by atomic mass is 16.5. The number of aromatic nitrogens is 1. The number of benzene rings is 2. The van der Waals surface area contributed by atoms with E-state index in [0.717, 1.165) is 27.8 Å². The van der Waals surface area contributed by atoms with E-state index in [-0.39, 0.29) is 0 Å². The van der Waals surface area contributed by atoms with Gasteiger partial charge in [0.15, 0.2) is 5.58 Å². The van der Waals surface area contributed by atoms with Crippen molar-refractivity contribution < 1.29 is 13.9 Å². The molecule has 5 rings (SSSR count). The number of pyridine rings is 1. The number of furan rings is 1. The molecule has 2 aromatic carbocycles. The minimum absolute atomic E-state index is 0.628. The molecule has 4 aromatic rings. The third-order valence-corrected chi connectivity index (χ3v) is 5.11. The molecule has 0 unspecified atom stereocenters. The lowest BCUT2D eigenvalue weighted by Crippen LogP contribution is -2.03. The molecule has 6 heteroatoms. The Kier molecular flexibility index (Phi) is 6.59. The van der Waals surface area contributed by atoms with Crippen molar-refractivity contribution >= 4 is 23.2 Å². The summed E-state index contributed by atoms with van der Waals surface area (Å²) in [7, 11) is 1.58. The number of ether oxygens (including phenoxy) is 1. The first-order valence-electron chi connectivity index (χ1n) is 10.3. The Morgan fingerprint density at radius 2 is 1.84 bits per heavy atom. The number of nitrogens with zero attached hydrogens (tertiary/aromatic N) is 1. The molecule has 31 heavy (non-hydrogen) atoms. The Morgan fingerprint density at radius 1 is 1.03 bits per heavy atom. The van der Waals surface area contributed by atoms with Crippen molar-refractivity contribution in [3.8, 4) is 28.2 Å². The van der Waals surface area contributed by atoms with Gasteiger partial charge in [0.2, 0.25) is 6.41 Å². The normalized spacial score (nSPS) is 12.8. The number of methoxy groups -OCH3 is 1. The third-order valence-electron chi connectivity index (χ3n) is 5.11. The zero-order valence-electron chi connectivity index (χ0n) is 17.4. The minimum atomic E-state index is 0.628. The molecule has 6 nitrogen and oxygen atoms in total. The number of hydrogen-bond acceptors (Lipinski definition) is 5. The molecule has 1 aliphatic rings. The molecule has 0 radical (unpaired) electrons. The standard InChI is InChI=1S/C21H16N2O3.C4H9N/c1-25-17-10-15(9-16(11-17)23-13-24)20-12-19-21(26-20)18(7-8-22-19)14-5-3-2-4-6-14;1-2-4-5-3-1/h2-13H,1H3,(H,23,24);5H,1-4H2. The highest BCUT2D eigenvalue weighted by molar-refractivity contribution is 5.92. The van der Waals surface area contributed by atoms with Crippen molar-refractivity contribution in [1.82, 2.24) is 10.3 Å². The van der Waals surface area contributed by atoms with E-state index >= 15 is 0 Å². The maximum Gasteiger partial charge on any atom is 0.211 e. The van der Waals surface area contributed by atoms with Crippen LogP contribution in [0.2, 0.25) is 0 Å². The van der Waals surface area contributed by atoms with Crippen LogP contribution in [0.4, 0.5) is 5.69 Å². The quantitative estimate of drug-likeness (QED) is 0.443. The van der Waals surface area contributed by atoms with E-state index in [0.29, 0.717) is 23.6 Å². The predicted octanol–water partition coefficient (Wildman–Crippen LogP) is 5.11. The summed E-state index contributed by atoms with van der Waals surface area (Å²) in [6.07, 6.45) is 5.18. The molecule has 158 valence electrons. The van der Waals surface area contributed by atoms with Crippen molar-refractivity contribution in [2.75, 3.05) is 25.5 Å². The van der Waals surface area contributed by atoms with Crippen LogP contribution in [-0.4, -0.2) is 31.6 Å². The van der Waals surface area contributed by atoms with Crippen molar-refractivity contribution in [1.29, 1.82) is 0 Å². The molecule has 0 atom stereocenters. The van der Waals surface area contributed by atoms with Crippen molar-refractivity contribution in [3.63, 3.8) is 0 Å². The van der Waals surface area contributed by atoms with E-state index in [4.69, 9.17) is 9.15 Å². The number of hydrogen-bond donors (Lipinski definition) is 2. The summed E-state index contributed by atoms with van der Waals surface area (Å²) in [6.45, 7) is 2.50. The molecule has 1 fully saturated rings. The average molecular weight is 415 g/mol. The number of rotatable bonds is 5. The fraction of sp³-hybridized carbons (Fsp3) is 0.200. The second-order valence-corrected chi connectivity index (χ2v) is 7.22. The van der Waals surface area contributed by atoms with Gasteiger partial charge in [-0.1, -0.05) is 30.3 Å². The van der Waals surface area contributed by atoms with Crippen LogP contribution in [0.15, 0.2) is 71.3 Å². The summed E-state index contributed by atoms with van der Waals surface area (Å²) in [5.41, 5.74) is 4.97. The van der Waals surface area contributed by atoms with Gasteiger partial charge in [0, 0.05) is 35.1 Å². The molecule has 2 aromatic heterocycles. The second kappa shape index (κ2) is 9.91. The Morgan fingerprint density at radius 3 is 2.52 bits per heavy atom. The van der Waals surface area contributed by atoms with Gasteiger partial charge in [-0.05, 0) is 49.7 Å². The molecule has 0 spiro atoms. The molecule has 2 N–H and O–H groups in total. The zero-order valence-corrected chi connectivity index (χ0v) is 17.4. The van der Waals surface area contributed by atoms with Crippen molar-refractivity contribution in [3.05, 3.63) is 66.9 Å². The topological polar surface area (TPSA) is 76.4 Å². The lowest BCUT2D eigenvalue weighted by Gasteiger charge is -2.06. The predicted molar refractivity (Wildman–Crippen MR) is 123 cm³/mol. The van der Waals surface area contributed by atoms with Gasteiger partial charge in [-0.25, -0.2) is 0 Å². The lowest BCUT2D eigenvalue weighted by molar-refractivity contribution is -0.105. The van der Waals surface area contributed by atoms with E-state index in [1.807, 2.05) is 54.6 Å². The van der Waals surface area contributed by atoms with Crippen LogP contribution >= 0.6 is 0 Å². The van der Waals surface area contributed by atoms with Gasteiger partial charge in [-0.15, -0.1) is 0 Å². The molecule has 1 aliphatic heterocycles. The van der Waals surface area contributed by atoms with Gasteiger partial charge in [0.05, 0.1) is 7.11 Å². The van der Waals surface area contributed by atoms with Gasteiger partial charge in [-0.3, -0.25) is 9.78 Å². The first-order valence-corrected chi connectivity index (χ1v) is 10.3. The minimum Gasteiger partial charge on any atom is -0.497 e. The first-order chi connectivity index (χ1) is 15.3. The molecule has 3 heterocycles. The van der Waals surface area contributed by atoms with Crippen LogP contribution in [0, 0.1) is 0 Å². The maximum atomic E-state index is 10.8. The van der Waals surface area contributed by atoms with Crippen molar-refractivity contribution in [2.24, 2.45) is 0 Å². The summed E-state index contributed by atoms with van der Waals surface area (Å²) < 4.78 is 11.5.